The summed E-state index contributed by atoms with van der Waals surface area (Å²) in [7, 11) is 0. The number of nitro groups is 1. The molecule has 0 heterocycles. The number of anilines is 1. The summed E-state index contributed by atoms with van der Waals surface area (Å²) in [6.07, 6.45) is 0.590. The largest absolute Gasteiger partial charge is 0.399 e. The molecule has 2 N–H and O–H groups in total. The fourth-order valence-corrected chi connectivity index (χ4v) is 1.64. The Morgan fingerprint density at radius 2 is 2.12 bits per heavy atom. The quantitative estimate of drug-likeness (QED) is 0.497. The molecule has 17 heavy (non-hydrogen) atoms. The van der Waals surface area contributed by atoms with Crippen molar-refractivity contribution in [2.75, 3.05) is 5.73 Å². The summed E-state index contributed by atoms with van der Waals surface area (Å²) in [5.41, 5.74) is 8.23. The van der Waals surface area contributed by atoms with Gasteiger partial charge >= 0.3 is 0 Å². The van der Waals surface area contributed by atoms with Crippen LogP contribution in [0.4, 0.5) is 11.4 Å². The number of hydrogen-bond donors (Lipinski definition) is 1. The molecule has 0 saturated heterocycles. The Kier molecular flexibility index (Phi) is 3.05. The first kappa shape index (κ1) is 11.1. The predicted octanol–water partition coefficient (Wildman–Crippen LogP) is 2.57. The Morgan fingerprint density at radius 3 is 2.82 bits per heavy atom. The lowest BCUT2D eigenvalue weighted by molar-refractivity contribution is -0.384. The number of nitrogens with zero attached hydrogens (tertiary/aromatic N) is 1. The van der Waals surface area contributed by atoms with Crippen LogP contribution >= 0.6 is 0 Å². The van der Waals surface area contributed by atoms with Crippen LogP contribution in [0, 0.1) is 16.2 Å². The van der Waals surface area contributed by atoms with Crippen LogP contribution in [0.1, 0.15) is 11.1 Å². The van der Waals surface area contributed by atoms with Gasteiger partial charge in [0.1, 0.15) is 0 Å². The summed E-state index contributed by atoms with van der Waals surface area (Å²) in [5, 5.41) is 10.6. The van der Waals surface area contributed by atoms with Crippen LogP contribution in [0.3, 0.4) is 0 Å². The molecule has 4 heteroatoms. The summed E-state index contributed by atoms with van der Waals surface area (Å²) in [6, 6.07) is 15.0. The maximum Gasteiger partial charge on any atom is 0.269 e. The Balaban J connectivity index is 2.24. The van der Waals surface area contributed by atoms with E-state index in [-0.39, 0.29) is 5.69 Å². The van der Waals surface area contributed by atoms with Gasteiger partial charge < -0.3 is 5.73 Å². The fourth-order valence-electron chi connectivity index (χ4n) is 1.64. The molecule has 1 radical (unpaired) electrons. The van der Waals surface area contributed by atoms with Crippen molar-refractivity contribution in [2.24, 2.45) is 0 Å². The molecule has 0 aliphatic heterocycles. The van der Waals surface area contributed by atoms with Crippen molar-refractivity contribution in [3.05, 3.63) is 69.8 Å². The molecular formula is C13H11N2O2. The normalized spacial score (nSPS) is 10.1. The van der Waals surface area contributed by atoms with Gasteiger partial charge in [0.2, 0.25) is 0 Å². The maximum atomic E-state index is 10.6. The third-order valence-corrected chi connectivity index (χ3v) is 2.40. The Hall–Kier alpha value is -2.36. The number of nitro benzene ring substituents is 1. The molecule has 85 valence electrons. The van der Waals surface area contributed by atoms with E-state index in [9.17, 15) is 10.1 Å². The van der Waals surface area contributed by atoms with Gasteiger partial charge in [-0.3, -0.25) is 10.1 Å². The summed E-state index contributed by atoms with van der Waals surface area (Å²) >= 11 is 0. The average Bonchev–Trinajstić information content (AvgIpc) is 2.29. The summed E-state index contributed by atoms with van der Waals surface area (Å²) < 4.78 is 0. The van der Waals surface area contributed by atoms with E-state index >= 15 is 0 Å². The lowest BCUT2D eigenvalue weighted by Gasteiger charge is -2.02. The van der Waals surface area contributed by atoms with E-state index in [2.05, 4.69) is 6.07 Å². The lowest BCUT2D eigenvalue weighted by Crippen LogP contribution is -1.93. The molecule has 0 fully saturated rings. The van der Waals surface area contributed by atoms with Crippen molar-refractivity contribution >= 4 is 11.4 Å². The number of rotatable bonds is 3. The minimum absolute atomic E-state index is 0.103. The minimum Gasteiger partial charge on any atom is -0.399 e. The molecule has 0 aliphatic rings. The van der Waals surface area contributed by atoms with Gasteiger partial charge in [-0.1, -0.05) is 18.2 Å². The molecule has 0 aromatic heterocycles. The van der Waals surface area contributed by atoms with Gasteiger partial charge in [-0.05, 0) is 35.7 Å². The van der Waals surface area contributed by atoms with E-state index < -0.39 is 4.92 Å². The molecule has 4 nitrogen and oxygen atoms in total. The molecule has 2 aromatic carbocycles. The standard InChI is InChI=1S/C13H11N2O2/c14-12-5-1-3-10(8-12)7-11-4-2-6-13(9-11)15(16)17/h1-2,4-6,8-9H,7,14H2. The third-order valence-electron chi connectivity index (χ3n) is 2.40. The van der Waals surface area contributed by atoms with E-state index in [0.29, 0.717) is 12.1 Å². The molecule has 0 atom stereocenters. The first-order valence-corrected chi connectivity index (χ1v) is 5.14. The van der Waals surface area contributed by atoms with Crippen LogP contribution in [0.2, 0.25) is 0 Å². The highest BCUT2D eigenvalue weighted by Crippen LogP contribution is 2.17. The zero-order valence-corrected chi connectivity index (χ0v) is 9.09. The Morgan fingerprint density at radius 1 is 1.29 bits per heavy atom. The van der Waals surface area contributed by atoms with Crippen molar-refractivity contribution in [1.82, 2.24) is 0 Å². The van der Waals surface area contributed by atoms with E-state index in [1.807, 2.05) is 12.1 Å². The van der Waals surface area contributed by atoms with Gasteiger partial charge in [0.25, 0.3) is 5.69 Å². The molecule has 0 aliphatic carbocycles. The van der Waals surface area contributed by atoms with Gasteiger partial charge in [-0.25, -0.2) is 0 Å². The summed E-state index contributed by atoms with van der Waals surface area (Å²) in [4.78, 5) is 10.2. The molecule has 0 spiro atoms. The van der Waals surface area contributed by atoms with Crippen LogP contribution in [0.15, 0.2) is 42.5 Å². The smallest absolute Gasteiger partial charge is 0.269 e. The first-order chi connectivity index (χ1) is 8.15. The highest BCUT2D eigenvalue weighted by molar-refractivity contribution is 5.43. The van der Waals surface area contributed by atoms with Crippen molar-refractivity contribution in [3.8, 4) is 0 Å². The third kappa shape index (κ3) is 2.81. The van der Waals surface area contributed by atoms with Crippen LogP contribution in [-0.4, -0.2) is 4.92 Å². The predicted molar refractivity (Wildman–Crippen MR) is 65.6 cm³/mol. The monoisotopic (exact) mass is 227 g/mol. The van der Waals surface area contributed by atoms with Gasteiger partial charge in [0, 0.05) is 17.8 Å². The number of nitrogens with two attached hydrogens (primary N) is 1. The van der Waals surface area contributed by atoms with E-state index in [4.69, 9.17) is 5.73 Å². The van der Waals surface area contributed by atoms with Crippen LogP contribution in [0.25, 0.3) is 0 Å². The number of benzene rings is 2. The van der Waals surface area contributed by atoms with E-state index in [1.165, 1.54) is 6.07 Å². The average molecular weight is 227 g/mol. The molecule has 2 aromatic rings. The lowest BCUT2D eigenvalue weighted by atomic mass is 10.0. The Bertz CT molecular complexity index is 553. The van der Waals surface area contributed by atoms with Gasteiger partial charge in [0.15, 0.2) is 0 Å². The summed E-state index contributed by atoms with van der Waals surface area (Å²) in [6.45, 7) is 0. The van der Waals surface area contributed by atoms with Crippen LogP contribution < -0.4 is 5.73 Å². The van der Waals surface area contributed by atoms with Crippen molar-refractivity contribution in [1.29, 1.82) is 0 Å². The van der Waals surface area contributed by atoms with Gasteiger partial charge in [0.05, 0.1) is 4.92 Å². The summed E-state index contributed by atoms with van der Waals surface area (Å²) in [5.74, 6) is 0. The van der Waals surface area contributed by atoms with E-state index in [1.54, 1.807) is 24.3 Å². The molecule has 0 amide bonds. The number of nitrogen functional groups attached to an aromatic ring is 1. The van der Waals surface area contributed by atoms with Crippen LogP contribution in [0.5, 0.6) is 0 Å². The second-order valence-corrected chi connectivity index (χ2v) is 3.75. The second-order valence-electron chi connectivity index (χ2n) is 3.75. The molecule has 0 unspecified atom stereocenters. The second kappa shape index (κ2) is 4.65. The molecule has 2 rings (SSSR count). The van der Waals surface area contributed by atoms with Crippen LogP contribution in [-0.2, 0) is 6.42 Å². The van der Waals surface area contributed by atoms with Gasteiger partial charge in [-0.15, -0.1) is 0 Å². The molecule has 0 bridgehead atoms. The number of hydrogen-bond acceptors (Lipinski definition) is 3. The van der Waals surface area contributed by atoms with Crippen molar-refractivity contribution < 1.29 is 4.92 Å². The topological polar surface area (TPSA) is 69.2 Å². The van der Waals surface area contributed by atoms with E-state index in [0.717, 1.165) is 11.1 Å². The highest BCUT2D eigenvalue weighted by Gasteiger charge is 2.06. The molecule has 0 saturated carbocycles. The molecular weight excluding hydrogens is 216 g/mol. The van der Waals surface area contributed by atoms with Crippen molar-refractivity contribution in [2.45, 2.75) is 6.42 Å². The fraction of sp³-hybridized carbons (Fsp3) is 0.0769. The zero-order chi connectivity index (χ0) is 12.3. The number of non-ortho nitro benzene ring substituents is 1. The van der Waals surface area contributed by atoms with Crippen molar-refractivity contribution in [3.63, 3.8) is 0 Å². The maximum absolute atomic E-state index is 10.6. The van der Waals surface area contributed by atoms with Gasteiger partial charge in [-0.2, -0.15) is 0 Å². The minimum atomic E-state index is -0.396. The zero-order valence-electron chi connectivity index (χ0n) is 9.09. The SMILES string of the molecule is Nc1cc[c]c(Cc2cccc([N+](=O)[O-])c2)c1. The first-order valence-electron chi connectivity index (χ1n) is 5.14. The highest BCUT2D eigenvalue weighted by atomic mass is 16.6. The Labute approximate surface area is 98.8 Å².